The molecule has 0 spiro atoms. The van der Waals surface area contributed by atoms with Crippen LogP contribution >= 0.6 is 12.2 Å². The summed E-state index contributed by atoms with van der Waals surface area (Å²) in [5.41, 5.74) is 0. The minimum absolute atomic E-state index is 0.0121. The van der Waals surface area contributed by atoms with E-state index in [1.54, 1.807) is 0 Å². The summed E-state index contributed by atoms with van der Waals surface area (Å²) in [6.07, 6.45) is 28.8. The monoisotopic (exact) mass is 593 g/mol. The van der Waals surface area contributed by atoms with Gasteiger partial charge in [-0.05, 0) is 63.4 Å². The Kier molecular flexibility index (Phi) is 29.3. The summed E-state index contributed by atoms with van der Waals surface area (Å²) in [7, 11) is 0. The predicted molar refractivity (Wildman–Crippen MR) is 182 cm³/mol. The van der Waals surface area contributed by atoms with Crippen LogP contribution in [-0.4, -0.2) is 41.3 Å². The topological polar surface area (TPSA) is 46.6 Å². The van der Waals surface area contributed by atoms with Gasteiger partial charge < -0.3 is 9.64 Å². The van der Waals surface area contributed by atoms with Crippen molar-refractivity contribution in [3.63, 3.8) is 0 Å². The highest BCUT2D eigenvalue weighted by Crippen LogP contribution is 2.22. The quantitative estimate of drug-likeness (QED) is 0.0346. The molecular formula is C36H67NO3S. The number of carbonyl (C=O) groups excluding carboxylic acids is 2. The van der Waals surface area contributed by atoms with Gasteiger partial charge in [0.05, 0.1) is 11.6 Å². The molecule has 0 bridgehead atoms. The molecule has 240 valence electrons. The van der Waals surface area contributed by atoms with Crippen LogP contribution in [0.25, 0.3) is 0 Å². The predicted octanol–water partition coefficient (Wildman–Crippen LogP) is 11.0. The molecule has 0 aromatic carbocycles. The first kappa shape index (κ1) is 39.8. The summed E-state index contributed by atoms with van der Waals surface area (Å²) in [4.78, 5) is 27.0. The third-order valence-corrected chi connectivity index (χ3v) is 8.62. The van der Waals surface area contributed by atoms with Crippen molar-refractivity contribution in [2.24, 2.45) is 5.92 Å². The number of ether oxygens (including phenoxy) is 1. The summed E-state index contributed by atoms with van der Waals surface area (Å²) in [5, 5.41) is 0. The van der Waals surface area contributed by atoms with Gasteiger partial charge in [0, 0.05) is 25.9 Å². The fourth-order valence-corrected chi connectivity index (χ4v) is 5.89. The second-order valence-corrected chi connectivity index (χ2v) is 12.5. The smallest absolute Gasteiger partial charge is 0.305 e. The summed E-state index contributed by atoms with van der Waals surface area (Å²) >= 11 is 5.72. The van der Waals surface area contributed by atoms with Crippen LogP contribution in [0.1, 0.15) is 175 Å². The molecule has 4 nitrogen and oxygen atoms in total. The van der Waals surface area contributed by atoms with Gasteiger partial charge in [-0.1, -0.05) is 129 Å². The second kappa shape index (κ2) is 30.2. The fourth-order valence-electron chi connectivity index (χ4n) is 5.50. The van der Waals surface area contributed by atoms with Crippen LogP contribution in [-0.2, 0) is 14.3 Å². The number of nitrogens with zero attached hydrogens (tertiary/aromatic N) is 1. The Bertz CT molecular complexity index is 641. The summed E-state index contributed by atoms with van der Waals surface area (Å²) in [5.74, 6) is 0.956. The third kappa shape index (κ3) is 26.2. The Labute approximate surface area is 260 Å². The van der Waals surface area contributed by atoms with Crippen LogP contribution in [0.2, 0.25) is 0 Å². The van der Waals surface area contributed by atoms with Crippen LogP contribution < -0.4 is 0 Å². The standard InChI is InChI=1S/C36H67NO3S/c1-5-9-17-25-33(26-18-10-6-2)27-23-32-40-36(39)29-20-14-12-16-22-31-37(35(41)24-7-3)30-21-15-11-13-19-28-34(38)8-4/h8,33H,4-7,9-32H2,1-3H3. The molecule has 0 N–H and O–H groups in total. The van der Waals surface area contributed by atoms with Gasteiger partial charge in [-0.15, -0.1) is 0 Å². The SMILES string of the molecule is C=CC(=O)CCCCCCCN(CCCCCCCC(=O)OCCCC(CCCCC)CCCCC)C(=S)CCC. The van der Waals surface area contributed by atoms with E-state index in [0.29, 0.717) is 19.4 Å². The molecule has 0 aliphatic heterocycles. The lowest BCUT2D eigenvalue weighted by molar-refractivity contribution is -0.144. The Morgan fingerprint density at radius 1 is 0.659 bits per heavy atom. The number of hydrogen-bond acceptors (Lipinski definition) is 4. The Morgan fingerprint density at radius 2 is 1.17 bits per heavy atom. The lowest BCUT2D eigenvalue weighted by Gasteiger charge is -2.25. The molecule has 0 amide bonds. The van der Waals surface area contributed by atoms with Gasteiger partial charge in [-0.25, -0.2) is 0 Å². The van der Waals surface area contributed by atoms with E-state index in [1.807, 2.05) is 0 Å². The number of esters is 1. The lowest BCUT2D eigenvalue weighted by atomic mass is 9.91. The van der Waals surface area contributed by atoms with E-state index in [0.717, 1.165) is 75.4 Å². The number of hydrogen-bond donors (Lipinski definition) is 0. The zero-order chi connectivity index (χ0) is 30.4. The van der Waals surface area contributed by atoms with Crippen LogP contribution in [0.4, 0.5) is 0 Å². The number of unbranched alkanes of at least 4 members (excludes halogenated alkanes) is 12. The minimum atomic E-state index is -0.0121. The molecule has 0 unspecified atom stereocenters. The maximum absolute atomic E-state index is 12.2. The first-order valence-corrected chi connectivity index (χ1v) is 18.0. The van der Waals surface area contributed by atoms with Crippen LogP contribution in [0.3, 0.4) is 0 Å². The zero-order valence-corrected chi connectivity index (χ0v) is 28.4. The van der Waals surface area contributed by atoms with E-state index in [1.165, 1.54) is 96.0 Å². The highest BCUT2D eigenvalue weighted by atomic mass is 32.1. The van der Waals surface area contributed by atoms with Crippen molar-refractivity contribution in [1.82, 2.24) is 4.90 Å². The largest absolute Gasteiger partial charge is 0.466 e. The van der Waals surface area contributed by atoms with Crippen molar-refractivity contribution in [3.05, 3.63) is 12.7 Å². The first-order chi connectivity index (χ1) is 20.0. The Hall–Kier alpha value is -1.23. The summed E-state index contributed by atoms with van der Waals surface area (Å²) in [6.45, 7) is 13.0. The van der Waals surface area contributed by atoms with Crippen molar-refractivity contribution in [2.45, 2.75) is 175 Å². The summed E-state index contributed by atoms with van der Waals surface area (Å²) in [6, 6.07) is 0. The van der Waals surface area contributed by atoms with Gasteiger partial charge in [-0.2, -0.15) is 0 Å². The molecule has 0 aromatic heterocycles. The molecule has 0 saturated heterocycles. The van der Waals surface area contributed by atoms with E-state index < -0.39 is 0 Å². The number of carbonyl (C=O) groups is 2. The van der Waals surface area contributed by atoms with Crippen molar-refractivity contribution in [1.29, 1.82) is 0 Å². The van der Waals surface area contributed by atoms with E-state index in [-0.39, 0.29) is 11.8 Å². The fraction of sp³-hybridized carbons (Fsp3) is 0.861. The third-order valence-electron chi connectivity index (χ3n) is 8.16. The molecule has 5 heteroatoms. The van der Waals surface area contributed by atoms with E-state index >= 15 is 0 Å². The molecule has 0 rings (SSSR count). The van der Waals surface area contributed by atoms with Gasteiger partial charge >= 0.3 is 5.97 Å². The molecule has 0 heterocycles. The highest BCUT2D eigenvalue weighted by molar-refractivity contribution is 7.80. The number of ketones is 1. The van der Waals surface area contributed by atoms with Gasteiger partial charge in [0.15, 0.2) is 5.78 Å². The lowest BCUT2D eigenvalue weighted by Crippen LogP contribution is -2.31. The first-order valence-electron chi connectivity index (χ1n) is 17.6. The van der Waals surface area contributed by atoms with Crippen molar-refractivity contribution < 1.29 is 14.3 Å². The molecule has 0 saturated carbocycles. The number of allylic oxidation sites excluding steroid dienone is 1. The Morgan fingerprint density at radius 3 is 1.71 bits per heavy atom. The van der Waals surface area contributed by atoms with E-state index in [2.05, 4.69) is 32.3 Å². The highest BCUT2D eigenvalue weighted by Gasteiger charge is 2.11. The zero-order valence-electron chi connectivity index (χ0n) is 27.5. The molecule has 0 aromatic rings. The molecule has 0 aliphatic rings. The number of rotatable bonds is 31. The number of thiocarbonyl (C=S) groups is 1. The van der Waals surface area contributed by atoms with E-state index in [4.69, 9.17) is 17.0 Å². The van der Waals surface area contributed by atoms with E-state index in [9.17, 15) is 9.59 Å². The van der Waals surface area contributed by atoms with Crippen molar-refractivity contribution >= 4 is 29.0 Å². The van der Waals surface area contributed by atoms with Crippen molar-refractivity contribution in [3.8, 4) is 0 Å². The van der Waals surface area contributed by atoms with Gasteiger partial charge in [-0.3, -0.25) is 9.59 Å². The van der Waals surface area contributed by atoms with Gasteiger partial charge in [0.25, 0.3) is 0 Å². The maximum Gasteiger partial charge on any atom is 0.305 e. The van der Waals surface area contributed by atoms with Gasteiger partial charge in [0.2, 0.25) is 0 Å². The van der Waals surface area contributed by atoms with Crippen LogP contribution in [0.5, 0.6) is 0 Å². The maximum atomic E-state index is 12.2. The van der Waals surface area contributed by atoms with Crippen molar-refractivity contribution in [2.75, 3.05) is 19.7 Å². The second-order valence-electron chi connectivity index (χ2n) is 12.1. The minimum Gasteiger partial charge on any atom is -0.466 e. The summed E-state index contributed by atoms with van der Waals surface area (Å²) < 4.78 is 5.56. The Balaban J connectivity index is 3.96. The molecule has 0 radical (unpaired) electrons. The molecule has 0 aliphatic carbocycles. The average molecular weight is 594 g/mol. The molecule has 41 heavy (non-hydrogen) atoms. The van der Waals surface area contributed by atoms with Crippen LogP contribution in [0, 0.1) is 5.92 Å². The van der Waals surface area contributed by atoms with Gasteiger partial charge in [0.1, 0.15) is 0 Å². The van der Waals surface area contributed by atoms with Crippen LogP contribution in [0.15, 0.2) is 12.7 Å². The molecule has 0 fully saturated rings. The average Bonchev–Trinajstić information content (AvgIpc) is 2.96. The normalized spacial score (nSPS) is 11.1. The molecular weight excluding hydrogens is 526 g/mol. The molecule has 0 atom stereocenters.